The number of rotatable bonds is 4. The number of nitrogens with two attached hydrogens (primary N) is 1. The molecule has 3 heterocycles. The fourth-order valence-electron chi connectivity index (χ4n) is 3.42. The molecule has 0 radical (unpaired) electrons. The summed E-state index contributed by atoms with van der Waals surface area (Å²) in [4.78, 5) is 16.3. The van der Waals surface area contributed by atoms with E-state index in [1.54, 1.807) is 6.08 Å². The van der Waals surface area contributed by atoms with E-state index in [2.05, 4.69) is 22.9 Å². The number of carbonyl (C=O) groups excluding carboxylic acids is 1. The highest BCUT2D eigenvalue weighted by Gasteiger charge is 2.31. The van der Waals surface area contributed by atoms with Crippen LogP contribution >= 0.6 is 11.3 Å². The molecule has 0 saturated carbocycles. The molecule has 1 atom stereocenters. The molecule has 1 unspecified atom stereocenters. The minimum atomic E-state index is -0.0107. The molecule has 3 rings (SSSR count). The van der Waals surface area contributed by atoms with Crippen molar-refractivity contribution < 1.29 is 4.79 Å². The lowest BCUT2D eigenvalue weighted by Crippen LogP contribution is -2.28. The zero-order valence-corrected chi connectivity index (χ0v) is 16.3. The maximum atomic E-state index is 13.1. The number of aryl methyl sites for hydroxylation is 2. The third-order valence-electron chi connectivity index (χ3n) is 4.95. The summed E-state index contributed by atoms with van der Waals surface area (Å²) >= 11 is 1.34. The number of nitrogens with zero attached hydrogens (tertiary/aromatic N) is 3. The number of amides is 1. The van der Waals surface area contributed by atoms with Crippen LogP contribution in [0.25, 0.3) is 10.2 Å². The van der Waals surface area contributed by atoms with Gasteiger partial charge in [-0.3, -0.25) is 4.79 Å². The molecule has 1 amide bonds. The Morgan fingerprint density at radius 3 is 2.85 bits per heavy atom. The fourth-order valence-corrected chi connectivity index (χ4v) is 4.48. The van der Waals surface area contributed by atoms with Crippen LogP contribution in [0, 0.1) is 19.8 Å². The van der Waals surface area contributed by atoms with E-state index < -0.39 is 0 Å². The number of carbonyl (C=O) groups is 1. The van der Waals surface area contributed by atoms with Crippen molar-refractivity contribution in [3.05, 3.63) is 52.6 Å². The van der Waals surface area contributed by atoms with Crippen LogP contribution in [0.2, 0.25) is 0 Å². The highest BCUT2D eigenvalue weighted by molar-refractivity contribution is 7.21. The van der Waals surface area contributed by atoms with Crippen LogP contribution in [0.15, 0.2) is 36.5 Å². The minimum absolute atomic E-state index is 0.0107. The second-order valence-corrected chi connectivity index (χ2v) is 7.57. The third kappa shape index (κ3) is 3.17. The van der Waals surface area contributed by atoms with E-state index in [4.69, 9.17) is 5.73 Å². The number of nitrogen functional groups attached to an aromatic ring is 1. The quantitative estimate of drug-likeness (QED) is 0.827. The molecule has 0 aliphatic carbocycles. The topological polar surface area (TPSA) is 72.1 Å². The number of hydrogen-bond donors (Lipinski definition) is 1. The van der Waals surface area contributed by atoms with Gasteiger partial charge in [-0.05, 0) is 38.3 Å². The van der Waals surface area contributed by atoms with Gasteiger partial charge in [-0.15, -0.1) is 16.4 Å². The second-order valence-electron chi connectivity index (χ2n) is 6.57. The molecule has 1 aliphatic heterocycles. The standard InChI is InChI=1S/C20H24N4OS/c1-5-7-14(8-6-2)15-9-10-24(11-15)20(25)18-17(21)16-12(3)13(4)22-23-19(16)26-18/h5-8,15H,1,9-11,21H2,2-4H3/b8-6-,14-7+. The lowest BCUT2D eigenvalue weighted by molar-refractivity contribution is 0.0795. The predicted molar refractivity (Wildman–Crippen MR) is 108 cm³/mol. The minimum Gasteiger partial charge on any atom is -0.397 e. The Hall–Kier alpha value is -2.47. The summed E-state index contributed by atoms with van der Waals surface area (Å²) in [5.74, 6) is 0.316. The van der Waals surface area contributed by atoms with Gasteiger partial charge in [0.15, 0.2) is 0 Å². The summed E-state index contributed by atoms with van der Waals surface area (Å²) in [5.41, 5.74) is 9.90. The molecule has 2 N–H and O–H groups in total. The van der Waals surface area contributed by atoms with E-state index in [0.29, 0.717) is 23.0 Å². The Bertz CT molecular complexity index is 926. The smallest absolute Gasteiger partial charge is 0.266 e. The van der Waals surface area contributed by atoms with E-state index in [-0.39, 0.29) is 5.91 Å². The number of hydrogen-bond acceptors (Lipinski definition) is 5. The summed E-state index contributed by atoms with van der Waals surface area (Å²) in [6, 6.07) is 0. The molecule has 1 aliphatic rings. The summed E-state index contributed by atoms with van der Waals surface area (Å²) in [6.07, 6.45) is 8.88. The van der Waals surface area contributed by atoms with Crippen molar-refractivity contribution in [1.82, 2.24) is 15.1 Å². The van der Waals surface area contributed by atoms with E-state index in [1.807, 2.05) is 37.8 Å². The molecule has 1 saturated heterocycles. The molecule has 2 aromatic heterocycles. The lowest BCUT2D eigenvalue weighted by Gasteiger charge is -2.16. The van der Waals surface area contributed by atoms with Crippen molar-refractivity contribution in [3.8, 4) is 0 Å². The molecule has 1 fully saturated rings. The SMILES string of the molecule is C=C/C=C(\C=C/C)C1CCN(C(=O)c2sc3nnc(C)c(C)c3c2N)C1. The summed E-state index contributed by atoms with van der Waals surface area (Å²) in [7, 11) is 0. The van der Waals surface area contributed by atoms with E-state index >= 15 is 0 Å². The van der Waals surface area contributed by atoms with Gasteiger partial charge < -0.3 is 10.6 Å². The van der Waals surface area contributed by atoms with Crippen LogP contribution in [-0.4, -0.2) is 34.1 Å². The zero-order valence-electron chi connectivity index (χ0n) is 15.5. The van der Waals surface area contributed by atoms with E-state index in [9.17, 15) is 4.79 Å². The molecule has 0 spiro atoms. The van der Waals surface area contributed by atoms with Crippen molar-refractivity contribution in [2.75, 3.05) is 18.8 Å². The van der Waals surface area contributed by atoms with Crippen molar-refractivity contribution in [2.24, 2.45) is 5.92 Å². The van der Waals surface area contributed by atoms with E-state index in [1.165, 1.54) is 16.9 Å². The van der Waals surface area contributed by atoms with Crippen LogP contribution < -0.4 is 5.73 Å². The maximum absolute atomic E-state index is 13.1. The van der Waals surface area contributed by atoms with Gasteiger partial charge in [-0.1, -0.05) is 30.9 Å². The molecule has 136 valence electrons. The van der Waals surface area contributed by atoms with Gasteiger partial charge in [-0.2, -0.15) is 5.10 Å². The van der Waals surface area contributed by atoms with Crippen LogP contribution in [0.1, 0.15) is 34.3 Å². The van der Waals surface area contributed by atoms with E-state index in [0.717, 1.165) is 34.4 Å². The molecule has 6 heteroatoms. The molecule has 5 nitrogen and oxygen atoms in total. The first-order chi connectivity index (χ1) is 12.5. The Morgan fingerprint density at radius 1 is 1.38 bits per heavy atom. The number of thiophene rings is 1. The van der Waals surface area contributed by atoms with Crippen molar-refractivity contribution in [2.45, 2.75) is 27.2 Å². The molecular weight excluding hydrogens is 344 g/mol. The van der Waals surface area contributed by atoms with Crippen LogP contribution in [0.4, 0.5) is 5.69 Å². The zero-order chi connectivity index (χ0) is 18.8. The lowest BCUT2D eigenvalue weighted by atomic mass is 9.97. The number of fused-ring (bicyclic) bond motifs is 1. The fraction of sp³-hybridized carbons (Fsp3) is 0.350. The molecular formula is C20H24N4OS. The monoisotopic (exact) mass is 368 g/mol. The average molecular weight is 369 g/mol. The molecule has 2 aromatic rings. The Kier molecular flexibility index (Phi) is 5.23. The normalized spacial score (nSPS) is 18.2. The first kappa shape index (κ1) is 18.3. The van der Waals surface area contributed by atoms with Crippen molar-refractivity contribution in [1.29, 1.82) is 0 Å². The summed E-state index contributed by atoms with van der Waals surface area (Å²) < 4.78 is 0. The maximum Gasteiger partial charge on any atom is 0.266 e. The summed E-state index contributed by atoms with van der Waals surface area (Å²) in [6.45, 7) is 11.1. The first-order valence-corrected chi connectivity index (χ1v) is 9.56. The second kappa shape index (κ2) is 7.41. The van der Waals surface area contributed by atoms with Crippen LogP contribution in [0.3, 0.4) is 0 Å². The largest absolute Gasteiger partial charge is 0.397 e. The van der Waals surface area contributed by atoms with Crippen molar-refractivity contribution >= 4 is 33.1 Å². The number of anilines is 1. The third-order valence-corrected chi connectivity index (χ3v) is 6.02. The van der Waals surface area contributed by atoms with Gasteiger partial charge in [0.1, 0.15) is 9.71 Å². The Labute approximate surface area is 157 Å². The molecule has 26 heavy (non-hydrogen) atoms. The Morgan fingerprint density at radius 2 is 2.15 bits per heavy atom. The van der Waals surface area contributed by atoms with Gasteiger partial charge in [0, 0.05) is 24.4 Å². The highest BCUT2D eigenvalue weighted by atomic mass is 32.1. The predicted octanol–water partition coefficient (Wildman–Crippen LogP) is 4.04. The van der Waals surface area contributed by atoms with Gasteiger partial charge in [0.05, 0.1) is 11.4 Å². The van der Waals surface area contributed by atoms with Gasteiger partial charge >= 0.3 is 0 Å². The first-order valence-electron chi connectivity index (χ1n) is 8.74. The van der Waals surface area contributed by atoms with Gasteiger partial charge in [0.25, 0.3) is 5.91 Å². The average Bonchev–Trinajstić information content (AvgIpc) is 3.23. The van der Waals surface area contributed by atoms with Gasteiger partial charge in [0.2, 0.25) is 0 Å². The van der Waals surface area contributed by atoms with Gasteiger partial charge in [-0.25, -0.2) is 0 Å². The molecule has 0 bridgehead atoms. The van der Waals surface area contributed by atoms with Crippen molar-refractivity contribution in [3.63, 3.8) is 0 Å². The van der Waals surface area contributed by atoms with Crippen LogP contribution in [-0.2, 0) is 0 Å². The number of likely N-dealkylation sites (tertiary alicyclic amines) is 1. The molecule has 0 aromatic carbocycles. The highest BCUT2D eigenvalue weighted by Crippen LogP contribution is 2.36. The summed E-state index contributed by atoms with van der Waals surface area (Å²) in [5, 5.41) is 9.23. The number of aromatic nitrogens is 2. The van der Waals surface area contributed by atoms with Crippen LogP contribution in [0.5, 0.6) is 0 Å². The number of allylic oxidation sites excluding steroid dienone is 4. The Balaban J connectivity index is 1.88.